The van der Waals surface area contributed by atoms with Crippen molar-refractivity contribution in [3.05, 3.63) is 56.0 Å². The number of esters is 1. The normalized spacial score (nSPS) is 10.9. The molecule has 1 amide bonds. The van der Waals surface area contributed by atoms with Gasteiger partial charge in [-0.2, -0.15) is 0 Å². The van der Waals surface area contributed by atoms with E-state index in [0.717, 1.165) is 10.1 Å². The van der Waals surface area contributed by atoms with Crippen molar-refractivity contribution in [3.8, 4) is 0 Å². The van der Waals surface area contributed by atoms with E-state index in [1.807, 2.05) is 0 Å². The van der Waals surface area contributed by atoms with Gasteiger partial charge in [-0.15, -0.1) is 0 Å². The minimum absolute atomic E-state index is 0.0885. The second-order valence-electron chi connectivity index (χ2n) is 6.42. The largest absolute Gasteiger partial charge is 0.454 e. The first kappa shape index (κ1) is 20.3. The van der Waals surface area contributed by atoms with Gasteiger partial charge in [0.05, 0.1) is 6.33 Å². The highest BCUT2D eigenvalue weighted by Crippen LogP contribution is 2.20. The Morgan fingerprint density at radius 1 is 1.21 bits per heavy atom. The van der Waals surface area contributed by atoms with E-state index in [2.05, 4.69) is 10.3 Å². The maximum atomic E-state index is 12.4. The smallest absolute Gasteiger partial charge is 0.332 e. The summed E-state index contributed by atoms with van der Waals surface area (Å²) in [6.45, 7) is 0.956. The molecular weight excluding hydrogens is 402 g/mol. The molecule has 0 aliphatic carbocycles. The predicted molar refractivity (Wildman–Crippen MR) is 106 cm³/mol. The van der Waals surface area contributed by atoms with Crippen LogP contribution in [0.25, 0.3) is 11.2 Å². The molecule has 0 atom stereocenters. The third kappa shape index (κ3) is 4.06. The van der Waals surface area contributed by atoms with Gasteiger partial charge in [-0.1, -0.05) is 17.7 Å². The number of carbonyl (C=O) groups excluding carboxylic acids is 2. The molecule has 0 bridgehead atoms. The van der Waals surface area contributed by atoms with Crippen LogP contribution in [0.15, 0.2) is 34.1 Å². The monoisotopic (exact) mass is 419 g/mol. The Hall–Kier alpha value is -3.40. The van der Waals surface area contributed by atoms with Crippen LogP contribution in [0.3, 0.4) is 0 Å². The zero-order valence-electron chi connectivity index (χ0n) is 15.9. The lowest BCUT2D eigenvalue weighted by Crippen LogP contribution is -2.37. The Kier molecular flexibility index (Phi) is 5.55. The number of aryl methyl sites for hydroxylation is 2. The van der Waals surface area contributed by atoms with Crippen molar-refractivity contribution < 1.29 is 14.3 Å². The molecule has 0 aliphatic heterocycles. The quantitative estimate of drug-likeness (QED) is 0.604. The van der Waals surface area contributed by atoms with Gasteiger partial charge < -0.3 is 14.6 Å². The summed E-state index contributed by atoms with van der Waals surface area (Å²) in [4.78, 5) is 52.5. The highest BCUT2D eigenvalue weighted by atomic mass is 35.5. The van der Waals surface area contributed by atoms with E-state index < -0.39 is 29.7 Å². The van der Waals surface area contributed by atoms with Gasteiger partial charge in [-0.25, -0.2) is 9.78 Å². The molecule has 1 N–H and O–H groups in total. The first-order valence-electron chi connectivity index (χ1n) is 8.51. The van der Waals surface area contributed by atoms with Gasteiger partial charge in [0.15, 0.2) is 17.8 Å². The summed E-state index contributed by atoms with van der Waals surface area (Å²) in [6, 6.07) is 5.04. The van der Waals surface area contributed by atoms with Crippen molar-refractivity contribution in [1.82, 2.24) is 18.7 Å². The fourth-order valence-corrected chi connectivity index (χ4v) is 2.93. The minimum Gasteiger partial charge on any atom is -0.454 e. The second-order valence-corrected chi connectivity index (χ2v) is 6.85. The number of nitrogens with zero attached hydrogens (tertiary/aromatic N) is 4. The third-order valence-corrected chi connectivity index (χ3v) is 4.59. The fourth-order valence-electron chi connectivity index (χ4n) is 2.76. The van der Waals surface area contributed by atoms with Crippen molar-refractivity contribution in [2.75, 3.05) is 11.9 Å². The Balaban J connectivity index is 1.69. The molecule has 0 aliphatic rings. The van der Waals surface area contributed by atoms with E-state index in [-0.39, 0.29) is 17.7 Å². The van der Waals surface area contributed by atoms with Gasteiger partial charge in [-0.3, -0.25) is 23.5 Å². The Morgan fingerprint density at radius 2 is 1.93 bits per heavy atom. The summed E-state index contributed by atoms with van der Waals surface area (Å²) in [6.07, 6.45) is 1.27. The van der Waals surface area contributed by atoms with Crippen molar-refractivity contribution in [3.63, 3.8) is 0 Å². The summed E-state index contributed by atoms with van der Waals surface area (Å²) in [5, 5.41) is 3.08. The molecule has 2 aromatic heterocycles. The molecule has 3 rings (SSSR count). The number of amides is 1. The molecule has 0 saturated heterocycles. The highest BCUT2D eigenvalue weighted by Gasteiger charge is 2.17. The number of hydrogen-bond acceptors (Lipinski definition) is 6. The van der Waals surface area contributed by atoms with Gasteiger partial charge in [0.25, 0.3) is 11.5 Å². The van der Waals surface area contributed by atoms with E-state index in [1.165, 1.54) is 29.6 Å². The molecule has 1 aromatic carbocycles. The summed E-state index contributed by atoms with van der Waals surface area (Å²) in [5.74, 6) is -1.27. The molecule has 10 nitrogen and oxygen atoms in total. The van der Waals surface area contributed by atoms with Crippen LogP contribution < -0.4 is 16.6 Å². The molecule has 11 heteroatoms. The highest BCUT2D eigenvalue weighted by molar-refractivity contribution is 6.31. The minimum atomic E-state index is -0.738. The molecule has 0 saturated carbocycles. The van der Waals surface area contributed by atoms with Crippen LogP contribution in [0.4, 0.5) is 5.69 Å². The number of fused-ring (bicyclic) bond motifs is 1. The lowest BCUT2D eigenvalue weighted by atomic mass is 10.2. The van der Waals surface area contributed by atoms with E-state index in [9.17, 15) is 19.2 Å². The number of imidazole rings is 1. The molecule has 0 unspecified atom stereocenters. The van der Waals surface area contributed by atoms with Gasteiger partial charge in [0.2, 0.25) is 0 Å². The Labute approximate surface area is 169 Å². The zero-order valence-corrected chi connectivity index (χ0v) is 16.7. The number of carbonyl (C=O) groups is 2. The maximum Gasteiger partial charge on any atom is 0.332 e. The summed E-state index contributed by atoms with van der Waals surface area (Å²) < 4.78 is 8.39. The molecule has 3 aromatic rings. The third-order valence-electron chi connectivity index (χ3n) is 4.35. The van der Waals surface area contributed by atoms with Gasteiger partial charge in [-0.05, 0) is 24.6 Å². The molecule has 2 heterocycles. The summed E-state index contributed by atoms with van der Waals surface area (Å²) >= 11 is 5.91. The number of nitrogens with one attached hydrogen (secondary N) is 1. The fraction of sp³-hybridized carbons (Fsp3) is 0.278. The van der Waals surface area contributed by atoms with Gasteiger partial charge in [0, 0.05) is 24.8 Å². The van der Waals surface area contributed by atoms with Crippen molar-refractivity contribution in [2.24, 2.45) is 14.1 Å². The van der Waals surface area contributed by atoms with Crippen LogP contribution in [0.2, 0.25) is 5.02 Å². The average Bonchev–Trinajstić information content (AvgIpc) is 3.09. The van der Waals surface area contributed by atoms with Crippen LogP contribution in [-0.2, 0) is 35.0 Å². The van der Waals surface area contributed by atoms with E-state index >= 15 is 0 Å². The molecule has 29 heavy (non-hydrogen) atoms. The number of ether oxygens (including phenoxy) is 1. The molecule has 152 valence electrons. The molecule has 0 spiro atoms. The van der Waals surface area contributed by atoms with E-state index in [1.54, 1.807) is 25.1 Å². The average molecular weight is 420 g/mol. The number of benzene rings is 1. The van der Waals surface area contributed by atoms with Gasteiger partial charge >= 0.3 is 11.7 Å². The number of anilines is 1. The first-order valence-corrected chi connectivity index (χ1v) is 8.89. The number of hydrogen-bond donors (Lipinski definition) is 1. The number of rotatable bonds is 5. The lowest BCUT2D eigenvalue weighted by molar-refractivity contribution is -0.147. The molecule has 0 radical (unpaired) electrons. The van der Waals surface area contributed by atoms with Crippen LogP contribution in [0, 0.1) is 6.92 Å². The lowest BCUT2D eigenvalue weighted by Gasteiger charge is -2.10. The first-order chi connectivity index (χ1) is 13.7. The summed E-state index contributed by atoms with van der Waals surface area (Å²) in [7, 11) is 2.81. The van der Waals surface area contributed by atoms with Gasteiger partial charge in [0.1, 0.15) is 6.54 Å². The van der Waals surface area contributed by atoms with Crippen LogP contribution in [0.5, 0.6) is 0 Å². The second kappa shape index (κ2) is 7.92. The Bertz CT molecular complexity index is 1240. The van der Waals surface area contributed by atoms with E-state index in [0.29, 0.717) is 10.7 Å². The SMILES string of the molecule is Cc1ccc(Cl)cc1NC(=O)COC(=O)Cn1cnc2c1c(=O)n(C)c(=O)n2C. The predicted octanol–water partition coefficient (Wildman–Crippen LogP) is 0.577. The van der Waals surface area contributed by atoms with Crippen molar-refractivity contribution >= 4 is 40.3 Å². The van der Waals surface area contributed by atoms with Crippen LogP contribution in [0.1, 0.15) is 5.56 Å². The molecular formula is C18H18ClN5O5. The maximum absolute atomic E-state index is 12.4. The molecule has 0 fully saturated rings. The van der Waals surface area contributed by atoms with Crippen LogP contribution >= 0.6 is 11.6 Å². The van der Waals surface area contributed by atoms with Crippen molar-refractivity contribution in [2.45, 2.75) is 13.5 Å². The zero-order chi connectivity index (χ0) is 21.3. The summed E-state index contributed by atoms with van der Waals surface area (Å²) in [5.41, 5.74) is 0.459. The Morgan fingerprint density at radius 3 is 2.66 bits per heavy atom. The number of aromatic nitrogens is 4. The number of halogens is 1. The standard InChI is InChI=1S/C18H18ClN5O5/c1-10-4-5-11(19)6-12(10)21-13(25)8-29-14(26)7-24-9-20-16-15(24)17(27)23(3)18(28)22(16)2/h4-6,9H,7-8H2,1-3H3,(H,21,25). The van der Waals surface area contributed by atoms with E-state index in [4.69, 9.17) is 16.3 Å². The topological polar surface area (TPSA) is 117 Å². The van der Waals surface area contributed by atoms with Crippen LogP contribution in [-0.4, -0.2) is 37.2 Å². The van der Waals surface area contributed by atoms with Crippen molar-refractivity contribution in [1.29, 1.82) is 0 Å².